The molecule has 0 saturated carbocycles. The molecule has 0 aliphatic carbocycles. The third-order valence-electron chi connectivity index (χ3n) is 4.24. The van der Waals surface area contributed by atoms with Gasteiger partial charge in [0.05, 0.1) is 7.11 Å². The number of hydrogen-bond acceptors (Lipinski definition) is 4. The van der Waals surface area contributed by atoms with Crippen LogP contribution in [0.25, 0.3) is 0 Å². The number of piperazine rings is 1. The molecule has 1 aromatic carbocycles. The van der Waals surface area contributed by atoms with Crippen LogP contribution in [0.3, 0.4) is 0 Å². The van der Waals surface area contributed by atoms with E-state index < -0.39 is 0 Å². The zero-order valence-electron chi connectivity index (χ0n) is 12.6. The predicted molar refractivity (Wildman–Crippen MR) is 79.5 cm³/mol. The number of rotatable bonds is 2. The van der Waals surface area contributed by atoms with E-state index in [0.29, 0.717) is 6.04 Å². The number of methoxy groups -OCH3 is 1. The van der Waals surface area contributed by atoms with E-state index in [1.165, 1.54) is 5.56 Å². The Morgan fingerprint density at radius 2 is 2.05 bits per heavy atom. The Balaban J connectivity index is 1.95. The van der Waals surface area contributed by atoms with E-state index in [-0.39, 0.29) is 5.60 Å². The van der Waals surface area contributed by atoms with Crippen LogP contribution in [0, 0.1) is 0 Å². The molecule has 0 amide bonds. The standard InChI is InChI=1S/C16H24N2O2/c1-16(2)11-14(18-8-6-17-7-9-18)13-5-4-12(19-3)10-15(13)20-16/h4-5,10,14,17H,6-9,11H2,1-3H3. The molecule has 1 fully saturated rings. The van der Waals surface area contributed by atoms with Crippen LogP contribution >= 0.6 is 0 Å². The number of nitrogens with zero attached hydrogens (tertiary/aromatic N) is 1. The first kappa shape index (κ1) is 13.7. The van der Waals surface area contributed by atoms with Crippen molar-refractivity contribution in [3.05, 3.63) is 23.8 Å². The molecular weight excluding hydrogens is 252 g/mol. The van der Waals surface area contributed by atoms with Gasteiger partial charge in [-0.05, 0) is 19.9 Å². The topological polar surface area (TPSA) is 33.7 Å². The number of ether oxygens (including phenoxy) is 2. The second-order valence-corrected chi connectivity index (χ2v) is 6.27. The molecule has 20 heavy (non-hydrogen) atoms. The van der Waals surface area contributed by atoms with E-state index in [1.54, 1.807) is 7.11 Å². The van der Waals surface area contributed by atoms with E-state index in [2.05, 4.69) is 30.1 Å². The highest BCUT2D eigenvalue weighted by Gasteiger charge is 2.37. The minimum Gasteiger partial charge on any atom is -0.497 e. The van der Waals surface area contributed by atoms with Gasteiger partial charge in [0.2, 0.25) is 0 Å². The Morgan fingerprint density at radius 3 is 2.75 bits per heavy atom. The average molecular weight is 276 g/mol. The van der Waals surface area contributed by atoms with Gasteiger partial charge in [-0.3, -0.25) is 4.90 Å². The van der Waals surface area contributed by atoms with E-state index >= 15 is 0 Å². The molecule has 1 aromatic rings. The number of fused-ring (bicyclic) bond motifs is 1. The van der Waals surface area contributed by atoms with Crippen LogP contribution in [-0.2, 0) is 0 Å². The van der Waals surface area contributed by atoms with Crippen molar-refractivity contribution in [2.24, 2.45) is 0 Å². The molecule has 0 bridgehead atoms. The van der Waals surface area contributed by atoms with Crippen LogP contribution < -0.4 is 14.8 Å². The minimum atomic E-state index is -0.130. The van der Waals surface area contributed by atoms with Crippen molar-refractivity contribution in [1.29, 1.82) is 0 Å². The van der Waals surface area contributed by atoms with Crippen molar-refractivity contribution in [1.82, 2.24) is 10.2 Å². The van der Waals surface area contributed by atoms with Crippen molar-refractivity contribution in [2.45, 2.75) is 31.9 Å². The van der Waals surface area contributed by atoms with Gasteiger partial charge in [-0.25, -0.2) is 0 Å². The summed E-state index contributed by atoms with van der Waals surface area (Å²) in [5, 5.41) is 3.42. The highest BCUT2D eigenvalue weighted by molar-refractivity contribution is 5.44. The van der Waals surface area contributed by atoms with Gasteiger partial charge in [0.25, 0.3) is 0 Å². The predicted octanol–water partition coefficient (Wildman–Crippen LogP) is 2.20. The lowest BCUT2D eigenvalue weighted by Crippen LogP contribution is -2.48. The Labute approximate surface area is 121 Å². The first-order valence-electron chi connectivity index (χ1n) is 7.41. The van der Waals surface area contributed by atoms with Gasteiger partial charge < -0.3 is 14.8 Å². The lowest BCUT2D eigenvalue weighted by atomic mass is 9.88. The van der Waals surface area contributed by atoms with Crippen LogP contribution in [0.4, 0.5) is 0 Å². The quantitative estimate of drug-likeness (QED) is 0.898. The molecular formula is C16H24N2O2. The molecule has 1 unspecified atom stereocenters. The zero-order valence-corrected chi connectivity index (χ0v) is 12.6. The summed E-state index contributed by atoms with van der Waals surface area (Å²) in [7, 11) is 1.70. The van der Waals surface area contributed by atoms with Gasteiger partial charge in [-0.15, -0.1) is 0 Å². The van der Waals surface area contributed by atoms with Crippen LogP contribution in [0.1, 0.15) is 31.9 Å². The first-order valence-corrected chi connectivity index (χ1v) is 7.41. The van der Waals surface area contributed by atoms with Gasteiger partial charge in [0, 0.05) is 50.3 Å². The van der Waals surface area contributed by atoms with Crippen LogP contribution in [0.2, 0.25) is 0 Å². The molecule has 2 aliphatic rings. The molecule has 3 rings (SSSR count). The highest BCUT2D eigenvalue weighted by Crippen LogP contribution is 2.43. The van der Waals surface area contributed by atoms with Gasteiger partial charge in [-0.2, -0.15) is 0 Å². The molecule has 0 spiro atoms. The lowest BCUT2D eigenvalue weighted by molar-refractivity contribution is 0.0257. The molecule has 1 atom stereocenters. The van der Waals surface area contributed by atoms with Crippen molar-refractivity contribution < 1.29 is 9.47 Å². The molecule has 0 radical (unpaired) electrons. The maximum Gasteiger partial charge on any atom is 0.128 e. The van der Waals surface area contributed by atoms with Crippen LogP contribution in [-0.4, -0.2) is 43.8 Å². The number of benzene rings is 1. The summed E-state index contributed by atoms with van der Waals surface area (Å²) in [5.41, 5.74) is 1.17. The Hall–Kier alpha value is -1.26. The summed E-state index contributed by atoms with van der Waals surface area (Å²) in [5.74, 6) is 1.84. The van der Waals surface area contributed by atoms with E-state index in [0.717, 1.165) is 44.1 Å². The second kappa shape index (κ2) is 5.26. The van der Waals surface area contributed by atoms with Crippen LogP contribution in [0.5, 0.6) is 11.5 Å². The molecule has 110 valence electrons. The van der Waals surface area contributed by atoms with Crippen LogP contribution in [0.15, 0.2) is 18.2 Å². The Morgan fingerprint density at radius 1 is 1.30 bits per heavy atom. The summed E-state index contributed by atoms with van der Waals surface area (Å²) < 4.78 is 11.5. The van der Waals surface area contributed by atoms with Gasteiger partial charge >= 0.3 is 0 Å². The van der Waals surface area contributed by atoms with Gasteiger partial charge in [0.1, 0.15) is 17.1 Å². The highest BCUT2D eigenvalue weighted by atomic mass is 16.5. The largest absolute Gasteiger partial charge is 0.497 e. The van der Waals surface area contributed by atoms with E-state index in [1.807, 2.05) is 12.1 Å². The smallest absolute Gasteiger partial charge is 0.128 e. The van der Waals surface area contributed by atoms with E-state index in [9.17, 15) is 0 Å². The summed E-state index contributed by atoms with van der Waals surface area (Å²) >= 11 is 0. The third-order valence-corrected chi connectivity index (χ3v) is 4.24. The maximum absolute atomic E-state index is 6.16. The van der Waals surface area contributed by atoms with Crippen molar-refractivity contribution in [2.75, 3.05) is 33.3 Å². The number of nitrogens with one attached hydrogen (secondary N) is 1. The molecule has 1 N–H and O–H groups in total. The van der Waals surface area contributed by atoms with Gasteiger partial charge in [-0.1, -0.05) is 6.07 Å². The average Bonchev–Trinajstić information content (AvgIpc) is 2.45. The maximum atomic E-state index is 6.16. The normalized spacial score (nSPS) is 25.6. The third kappa shape index (κ3) is 2.63. The molecule has 4 heteroatoms. The SMILES string of the molecule is COc1ccc2c(c1)OC(C)(C)CC2N1CCNCC1. The fraction of sp³-hybridized carbons (Fsp3) is 0.625. The molecule has 2 aliphatic heterocycles. The van der Waals surface area contributed by atoms with Gasteiger partial charge in [0.15, 0.2) is 0 Å². The fourth-order valence-electron chi connectivity index (χ4n) is 3.24. The Kier molecular flexibility index (Phi) is 3.61. The molecule has 0 aromatic heterocycles. The zero-order chi connectivity index (χ0) is 14.2. The van der Waals surface area contributed by atoms with Crippen molar-refractivity contribution in [3.63, 3.8) is 0 Å². The number of hydrogen-bond donors (Lipinski definition) is 1. The molecule has 4 nitrogen and oxygen atoms in total. The lowest BCUT2D eigenvalue weighted by Gasteiger charge is -2.44. The first-order chi connectivity index (χ1) is 9.59. The summed E-state index contributed by atoms with van der Waals surface area (Å²) in [6.45, 7) is 8.69. The minimum absolute atomic E-state index is 0.130. The summed E-state index contributed by atoms with van der Waals surface area (Å²) in [4.78, 5) is 2.58. The summed E-state index contributed by atoms with van der Waals surface area (Å²) in [6.07, 6.45) is 1.03. The fourth-order valence-corrected chi connectivity index (χ4v) is 3.24. The summed E-state index contributed by atoms with van der Waals surface area (Å²) in [6, 6.07) is 6.67. The van der Waals surface area contributed by atoms with E-state index in [4.69, 9.17) is 9.47 Å². The van der Waals surface area contributed by atoms with Crippen molar-refractivity contribution in [3.8, 4) is 11.5 Å². The monoisotopic (exact) mass is 276 g/mol. The second-order valence-electron chi connectivity index (χ2n) is 6.27. The molecule has 2 heterocycles. The molecule has 1 saturated heterocycles. The Bertz CT molecular complexity index is 481. The van der Waals surface area contributed by atoms with Crippen molar-refractivity contribution >= 4 is 0 Å².